The van der Waals surface area contributed by atoms with Gasteiger partial charge in [-0.1, -0.05) is 78.9 Å². The number of nitrogens with one attached hydrogen (secondary N) is 2. The Morgan fingerprint density at radius 3 is 2.33 bits per heavy atom. The summed E-state index contributed by atoms with van der Waals surface area (Å²) >= 11 is 5.59. The van der Waals surface area contributed by atoms with Crippen LogP contribution in [0, 0.1) is 10.1 Å². The van der Waals surface area contributed by atoms with Crippen molar-refractivity contribution in [2.24, 2.45) is 0 Å². The number of likely N-dealkylation sites (tertiary alicyclic amines) is 1. The summed E-state index contributed by atoms with van der Waals surface area (Å²) < 4.78 is 0. The van der Waals surface area contributed by atoms with Crippen LogP contribution < -0.4 is 10.6 Å². The van der Waals surface area contributed by atoms with Gasteiger partial charge < -0.3 is 20.4 Å². The highest BCUT2D eigenvalue weighted by atomic mass is 32.1. The quantitative estimate of drug-likeness (QED) is 0.221. The molecule has 0 aliphatic carbocycles. The lowest BCUT2D eigenvalue weighted by molar-refractivity contribution is -0.385. The van der Waals surface area contributed by atoms with E-state index in [1.165, 1.54) is 6.07 Å². The lowest BCUT2D eigenvalue weighted by Gasteiger charge is -2.30. The van der Waals surface area contributed by atoms with E-state index in [9.17, 15) is 19.7 Å². The van der Waals surface area contributed by atoms with Crippen LogP contribution >= 0.6 is 12.2 Å². The van der Waals surface area contributed by atoms with Gasteiger partial charge in [0.15, 0.2) is 5.11 Å². The largest absolute Gasteiger partial charge is 0.358 e. The van der Waals surface area contributed by atoms with E-state index in [0.717, 1.165) is 17.5 Å². The van der Waals surface area contributed by atoms with E-state index in [4.69, 9.17) is 12.2 Å². The summed E-state index contributed by atoms with van der Waals surface area (Å²) in [7, 11) is 1.74. The zero-order valence-electron chi connectivity index (χ0n) is 22.4. The molecule has 2 amide bonds. The van der Waals surface area contributed by atoms with Crippen LogP contribution in [-0.2, 0) is 29.1 Å². The molecule has 0 spiro atoms. The molecule has 0 bridgehead atoms. The molecule has 208 valence electrons. The number of benzene rings is 3. The van der Waals surface area contributed by atoms with Gasteiger partial charge in [-0.05, 0) is 36.2 Å². The molecule has 1 aliphatic heterocycles. The molecule has 2 N–H and O–H groups in total. The molecule has 0 saturated carbocycles. The Kier molecular flexibility index (Phi) is 9.80. The lowest BCUT2D eigenvalue weighted by Crippen LogP contribution is -2.55. The van der Waals surface area contributed by atoms with Crippen molar-refractivity contribution in [3.05, 3.63) is 112 Å². The highest BCUT2D eigenvalue weighted by Crippen LogP contribution is 2.21. The van der Waals surface area contributed by atoms with Gasteiger partial charge in [0, 0.05) is 44.7 Å². The zero-order chi connectivity index (χ0) is 28.5. The topological polar surface area (TPSA) is 108 Å². The summed E-state index contributed by atoms with van der Waals surface area (Å²) in [5, 5.41) is 17.8. The number of para-hydroxylation sites is 1. The molecule has 3 aromatic rings. The molecule has 1 heterocycles. The van der Waals surface area contributed by atoms with Gasteiger partial charge >= 0.3 is 0 Å². The third-order valence-corrected chi connectivity index (χ3v) is 7.35. The smallest absolute Gasteiger partial charge is 0.274 e. The Labute approximate surface area is 239 Å². The third-order valence-electron chi connectivity index (χ3n) is 6.97. The van der Waals surface area contributed by atoms with Crippen molar-refractivity contribution < 1.29 is 14.5 Å². The molecular weight excluding hydrogens is 526 g/mol. The van der Waals surface area contributed by atoms with Gasteiger partial charge in [0.05, 0.1) is 4.92 Å². The molecule has 0 unspecified atom stereocenters. The molecule has 2 atom stereocenters. The average Bonchev–Trinajstić information content (AvgIpc) is 3.47. The fourth-order valence-corrected chi connectivity index (χ4v) is 5.20. The van der Waals surface area contributed by atoms with Crippen LogP contribution in [0.4, 0.5) is 5.69 Å². The van der Waals surface area contributed by atoms with Crippen LogP contribution in [0.1, 0.15) is 29.5 Å². The van der Waals surface area contributed by atoms with E-state index in [1.807, 2.05) is 60.7 Å². The normalized spacial score (nSPS) is 15.2. The van der Waals surface area contributed by atoms with Gasteiger partial charge in [0.2, 0.25) is 11.8 Å². The molecule has 1 aliphatic rings. The second kappa shape index (κ2) is 13.7. The van der Waals surface area contributed by atoms with Gasteiger partial charge in [0.1, 0.15) is 12.1 Å². The molecule has 10 heteroatoms. The SMILES string of the molecule is CN(Cc1ccccc1)C(=O)[C@H](Cc1ccccc1)NC(=O)[C@@H]1CCCN1C(=S)NCc1ccccc1[N+](=O)[O-]. The number of likely N-dealkylation sites (N-methyl/N-ethyl adjacent to an activating group) is 1. The fraction of sp³-hybridized carbons (Fsp3) is 0.300. The molecule has 0 aromatic heterocycles. The number of hydrogen-bond donors (Lipinski definition) is 2. The van der Waals surface area contributed by atoms with Crippen LogP contribution in [0.3, 0.4) is 0 Å². The van der Waals surface area contributed by atoms with Gasteiger partial charge in [-0.25, -0.2) is 0 Å². The molecule has 1 saturated heterocycles. The predicted octanol–water partition coefficient (Wildman–Crippen LogP) is 3.82. The van der Waals surface area contributed by atoms with Crippen molar-refractivity contribution >= 4 is 34.8 Å². The van der Waals surface area contributed by atoms with Crippen molar-refractivity contribution in [2.45, 2.75) is 44.4 Å². The van der Waals surface area contributed by atoms with E-state index in [-0.39, 0.29) is 24.0 Å². The van der Waals surface area contributed by atoms with Crippen LogP contribution in [-0.4, -0.2) is 57.3 Å². The molecule has 3 aromatic carbocycles. The Balaban J connectivity index is 1.44. The average molecular weight is 560 g/mol. The number of carbonyl (C=O) groups is 2. The second-order valence-electron chi connectivity index (χ2n) is 9.83. The summed E-state index contributed by atoms with van der Waals surface area (Å²) in [6.45, 7) is 1.17. The molecule has 0 radical (unpaired) electrons. The molecule has 9 nitrogen and oxygen atoms in total. The van der Waals surface area contributed by atoms with Crippen LogP contribution in [0.15, 0.2) is 84.9 Å². The summed E-state index contributed by atoms with van der Waals surface area (Å²) in [5.74, 6) is -0.447. The maximum absolute atomic E-state index is 13.6. The highest BCUT2D eigenvalue weighted by molar-refractivity contribution is 7.80. The third kappa shape index (κ3) is 7.41. The number of thiocarbonyl (C=S) groups is 1. The van der Waals surface area contributed by atoms with Crippen molar-refractivity contribution in [1.29, 1.82) is 0 Å². The maximum atomic E-state index is 13.6. The first kappa shape index (κ1) is 28.7. The van der Waals surface area contributed by atoms with Crippen LogP contribution in [0.5, 0.6) is 0 Å². The molecule has 4 rings (SSSR count). The predicted molar refractivity (Wildman–Crippen MR) is 157 cm³/mol. The van der Waals surface area contributed by atoms with Gasteiger partial charge in [-0.2, -0.15) is 0 Å². The number of amides is 2. The molecule has 1 fully saturated rings. The summed E-state index contributed by atoms with van der Waals surface area (Å²) in [6, 6.07) is 24.5. The van der Waals surface area contributed by atoms with Crippen molar-refractivity contribution in [3.63, 3.8) is 0 Å². The van der Waals surface area contributed by atoms with Crippen molar-refractivity contribution in [3.8, 4) is 0 Å². The first-order chi connectivity index (χ1) is 19.3. The fourth-order valence-electron chi connectivity index (χ4n) is 4.91. The van der Waals surface area contributed by atoms with Crippen LogP contribution in [0.25, 0.3) is 0 Å². The van der Waals surface area contributed by atoms with Gasteiger partial charge in [-0.3, -0.25) is 19.7 Å². The molecule has 40 heavy (non-hydrogen) atoms. The minimum Gasteiger partial charge on any atom is -0.358 e. The van der Waals surface area contributed by atoms with E-state index < -0.39 is 17.0 Å². The summed E-state index contributed by atoms with van der Waals surface area (Å²) in [5.41, 5.74) is 2.46. The minimum absolute atomic E-state index is 0.00963. The van der Waals surface area contributed by atoms with Gasteiger partial charge in [0.25, 0.3) is 5.69 Å². The van der Waals surface area contributed by atoms with E-state index in [1.54, 1.807) is 35.0 Å². The van der Waals surface area contributed by atoms with Crippen LogP contribution in [0.2, 0.25) is 0 Å². The molecular formula is C30H33N5O4S. The number of carbonyl (C=O) groups excluding carboxylic acids is 2. The number of rotatable bonds is 10. The number of nitrogens with zero attached hydrogens (tertiary/aromatic N) is 3. The van der Waals surface area contributed by atoms with E-state index >= 15 is 0 Å². The Morgan fingerprint density at radius 2 is 1.65 bits per heavy atom. The number of hydrogen-bond acceptors (Lipinski definition) is 5. The van der Waals surface area contributed by atoms with E-state index in [2.05, 4.69) is 10.6 Å². The summed E-state index contributed by atoms with van der Waals surface area (Å²) in [4.78, 5) is 41.5. The monoisotopic (exact) mass is 559 g/mol. The van der Waals surface area contributed by atoms with E-state index in [0.29, 0.717) is 36.6 Å². The minimum atomic E-state index is -0.750. The standard InChI is InChI=1S/C30H33N5O4S/c1-33(21-23-13-6-3-7-14-23)29(37)25(19-22-11-4-2-5-12-22)32-28(36)27-17-10-18-34(27)30(40)31-20-24-15-8-9-16-26(24)35(38)39/h2-9,11-16,25,27H,10,17-21H2,1H3,(H,31,40)(H,32,36)/t25-,27-/m0/s1. The number of nitro groups is 1. The first-order valence-electron chi connectivity index (χ1n) is 13.2. The zero-order valence-corrected chi connectivity index (χ0v) is 23.2. The second-order valence-corrected chi connectivity index (χ2v) is 10.2. The first-order valence-corrected chi connectivity index (χ1v) is 13.6. The Morgan fingerprint density at radius 1 is 1.02 bits per heavy atom. The number of nitro benzene ring substituents is 1. The maximum Gasteiger partial charge on any atom is 0.274 e. The highest BCUT2D eigenvalue weighted by Gasteiger charge is 2.35. The van der Waals surface area contributed by atoms with Crippen molar-refractivity contribution in [2.75, 3.05) is 13.6 Å². The Hall–Kier alpha value is -4.31. The van der Waals surface area contributed by atoms with Gasteiger partial charge in [-0.15, -0.1) is 0 Å². The van der Waals surface area contributed by atoms with Crippen molar-refractivity contribution in [1.82, 2.24) is 20.4 Å². The summed E-state index contributed by atoms with van der Waals surface area (Å²) in [6.07, 6.45) is 1.71. The Bertz CT molecular complexity index is 1340. The lowest BCUT2D eigenvalue weighted by atomic mass is 10.0.